The highest BCUT2D eigenvalue weighted by Gasteiger charge is 2.17. The van der Waals surface area contributed by atoms with Crippen molar-refractivity contribution in [2.45, 2.75) is 38.5 Å². The lowest BCUT2D eigenvalue weighted by Crippen LogP contribution is -2.38. The van der Waals surface area contributed by atoms with Crippen LogP contribution in [-0.2, 0) is 14.8 Å². The molecule has 0 saturated carbocycles. The predicted octanol–water partition coefficient (Wildman–Crippen LogP) is 1.21. The van der Waals surface area contributed by atoms with Crippen LogP contribution in [0.4, 0.5) is 0 Å². The summed E-state index contributed by atoms with van der Waals surface area (Å²) in [7, 11) is 0.516. The van der Waals surface area contributed by atoms with Gasteiger partial charge in [-0.05, 0) is 46.2 Å². The lowest BCUT2D eigenvalue weighted by atomic mass is 9.97. The number of carbonyl (C=O) groups is 1. The molecule has 0 heterocycles. The number of amides is 1. The number of nitrogens with one attached hydrogen (secondary N) is 1. The van der Waals surface area contributed by atoms with E-state index in [1.165, 1.54) is 29.0 Å². The fraction of sp³-hybridized carbons (Fsp3) is 0.812. The van der Waals surface area contributed by atoms with Crippen molar-refractivity contribution in [1.82, 2.24) is 14.5 Å². The number of hydrogen-bond donors (Lipinski definition) is 1. The van der Waals surface area contributed by atoms with Crippen LogP contribution in [0.25, 0.3) is 0 Å². The van der Waals surface area contributed by atoms with E-state index in [9.17, 15) is 13.2 Å². The molecular formula is C16H31N3O3S. The topological polar surface area (TPSA) is 69.7 Å². The summed E-state index contributed by atoms with van der Waals surface area (Å²) in [4.78, 5) is 13.8. The van der Waals surface area contributed by atoms with Crippen molar-refractivity contribution in [3.8, 4) is 0 Å². The molecule has 0 unspecified atom stereocenters. The van der Waals surface area contributed by atoms with E-state index in [0.717, 1.165) is 19.3 Å². The minimum atomic E-state index is -3.28. The molecule has 0 saturated heterocycles. The second kappa shape index (κ2) is 10.1. The summed E-state index contributed by atoms with van der Waals surface area (Å²) in [6, 6.07) is 0. The fourth-order valence-corrected chi connectivity index (χ4v) is 3.40. The monoisotopic (exact) mass is 345 g/mol. The number of sulfonamides is 1. The first-order valence-corrected chi connectivity index (χ1v) is 10.2. The third kappa shape index (κ3) is 9.07. The number of likely N-dealkylation sites (N-methyl/N-ethyl adjacent to an activating group) is 1. The summed E-state index contributed by atoms with van der Waals surface area (Å²) in [6.45, 7) is 1.93. The van der Waals surface area contributed by atoms with Gasteiger partial charge >= 0.3 is 0 Å². The Kier molecular flexibility index (Phi) is 8.79. The minimum absolute atomic E-state index is 0.0834. The first-order valence-electron chi connectivity index (χ1n) is 8.33. The Morgan fingerprint density at radius 2 is 1.96 bits per heavy atom. The smallest absolute Gasteiger partial charge is 0.221 e. The van der Waals surface area contributed by atoms with Gasteiger partial charge in [-0.2, -0.15) is 0 Å². The Morgan fingerprint density at radius 3 is 2.52 bits per heavy atom. The summed E-state index contributed by atoms with van der Waals surface area (Å²) in [5.74, 6) is -0.0834. The van der Waals surface area contributed by atoms with Crippen molar-refractivity contribution < 1.29 is 13.2 Å². The summed E-state index contributed by atoms with van der Waals surface area (Å²) in [6.07, 6.45) is 9.39. The average Bonchev–Trinajstić information content (AvgIpc) is 2.46. The highest BCUT2D eigenvalue weighted by atomic mass is 32.2. The molecule has 0 aromatic rings. The van der Waals surface area contributed by atoms with E-state index >= 15 is 0 Å². The van der Waals surface area contributed by atoms with Gasteiger partial charge in [-0.1, -0.05) is 11.6 Å². The van der Waals surface area contributed by atoms with Crippen molar-refractivity contribution in [3.63, 3.8) is 0 Å². The lowest BCUT2D eigenvalue weighted by molar-refractivity contribution is -0.121. The molecule has 0 radical (unpaired) electrons. The normalized spacial score (nSPS) is 15.8. The van der Waals surface area contributed by atoms with E-state index in [4.69, 9.17) is 0 Å². The molecule has 1 aliphatic rings. The van der Waals surface area contributed by atoms with E-state index in [1.807, 2.05) is 19.0 Å². The zero-order valence-corrected chi connectivity index (χ0v) is 15.5. The maximum absolute atomic E-state index is 11.9. The van der Waals surface area contributed by atoms with Gasteiger partial charge < -0.3 is 10.2 Å². The molecule has 0 aromatic carbocycles. The van der Waals surface area contributed by atoms with Crippen LogP contribution in [-0.4, -0.2) is 70.1 Å². The van der Waals surface area contributed by atoms with E-state index < -0.39 is 10.0 Å². The van der Waals surface area contributed by atoms with Crippen LogP contribution < -0.4 is 5.32 Å². The van der Waals surface area contributed by atoms with Crippen LogP contribution in [0.5, 0.6) is 0 Å². The minimum Gasteiger partial charge on any atom is -0.356 e. The molecule has 23 heavy (non-hydrogen) atoms. The molecule has 6 nitrogen and oxygen atoms in total. The molecule has 7 heteroatoms. The van der Waals surface area contributed by atoms with Gasteiger partial charge in [0, 0.05) is 32.6 Å². The number of carbonyl (C=O) groups excluding carboxylic acids is 1. The van der Waals surface area contributed by atoms with E-state index in [-0.39, 0.29) is 18.9 Å². The SMILES string of the molecule is CN(C)CCN(CCC(=O)NCCC1=CCCCC1)S(C)(=O)=O. The van der Waals surface area contributed by atoms with E-state index in [1.54, 1.807) is 0 Å². The Bertz CT molecular complexity index is 501. The van der Waals surface area contributed by atoms with E-state index in [2.05, 4.69) is 11.4 Å². The molecule has 134 valence electrons. The van der Waals surface area contributed by atoms with Gasteiger partial charge in [0.15, 0.2) is 0 Å². The van der Waals surface area contributed by atoms with Crippen molar-refractivity contribution >= 4 is 15.9 Å². The molecule has 0 aliphatic heterocycles. The van der Waals surface area contributed by atoms with Crippen molar-refractivity contribution in [2.75, 3.05) is 46.5 Å². The van der Waals surface area contributed by atoms with Gasteiger partial charge in [-0.15, -0.1) is 0 Å². The molecule has 0 fully saturated rings. The third-order valence-corrected chi connectivity index (χ3v) is 5.31. The average molecular weight is 346 g/mol. The summed E-state index contributed by atoms with van der Waals surface area (Å²) >= 11 is 0. The number of nitrogens with zero attached hydrogens (tertiary/aromatic N) is 2. The summed E-state index contributed by atoms with van der Waals surface area (Å²) in [5.41, 5.74) is 1.43. The maximum atomic E-state index is 11.9. The number of hydrogen-bond acceptors (Lipinski definition) is 4. The first-order chi connectivity index (χ1) is 10.8. The molecule has 1 aliphatic carbocycles. The van der Waals surface area contributed by atoms with Gasteiger partial charge in [0.1, 0.15) is 0 Å². The molecule has 0 spiro atoms. The quantitative estimate of drug-likeness (QED) is 0.604. The molecule has 0 aromatic heterocycles. The van der Waals surface area contributed by atoms with Crippen LogP contribution >= 0.6 is 0 Å². The first kappa shape index (κ1) is 20.1. The molecule has 1 rings (SSSR count). The van der Waals surface area contributed by atoms with Crippen molar-refractivity contribution in [2.24, 2.45) is 0 Å². The van der Waals surface area contributed by atoms with Gasteiger partial charge in [-0.25, -0.2) is 12.7 Å². The maximum Gasteiger partial charge on any atom is 0.221 e. The van der Waals surface area contributed by atoms with Gasteiger partial charge in [0.2, 0.25) is 15.9 Å². The molecular weight excluding hydrogens is 314 g/mol. The Hall–Kier alpha value is -0.920. The lowest BCUT2D eigenvalue weighted by Gasteiger charge is -2.21. The highest BCUT2D eigenvalue weighted by molar-refractivity contribution is 7.88. The van der Waals surface area contributed by atoms with E-state index in [0.29, 0.717) is 19.6 Å². The number of allylic oxidation sites excluding steroid dienone is 1. The van der Waals surface area contributed by atoms with Gasteiger partial charge in [0.05, 0.1) is 6.26 Å². The highest BCUT2D eigenvalue weighted by Crippen LogP contribution is 2.19. The molecule has 0 bridgehead atoms. The summed E-state index contributed by atoms with van der Waals surface area (Å²) < 4.78 is 24.9. The Labute approximate surface area is 141 Å². The van der Waals surface area contributed by atoms with Gasteiger partial charge in [0.25, 0.3) is 0 Å². The summed E-state index contributed by atoms with van der Waals surface area (Å²) in [5, 5.41) is 2.89. The van der Waals surface area contributed by atoms with Crippen molar-refractivity contribution in [1.29, 1.82) is 0 Å². The zero-order valence-electron chi connectivity index (χ0n) is 14.7. The van der Waals surface area contributed by atoms with Gasteiger partial charge in [-0.3, -0.25) is 4.79 Å². The molecule has 1 amide bonds. The van der Waals surface area contributed by atoms with Crippen LogP contribution in [0, 0.1) is 0 Å². The third-order valence-electron chi connectivity index (χ3n) is 4.01. The fourth-order valence-electron chi connectivity index (χ4n) is 2.56. The molecule has 1 N–H and O–H groups in total. The zero-order chi connectivity index (χ0) is 17.3. The van der Waals surface area contributed by atoms with Crippen molar-refractivity contribution in [3.05, 3.63) is 11.6 Å². The second-order valence-electron chi connectivity index (χ2n) is 6.42. The Morgan fingerprint density at radius 1 is 1.22 bits per heavy atom. The second-order valence-corrected chi connectivity index (χ2v) is 8.41. The Balaban J connectivity index is 2.29. The van der Waals surface area contributed by atoms with Crippen LogP contribution in [0.1, 0.15) is 38.5 Å². The molecule has 0 atom stereocenters. The van der Waals surface area contributed by atoms with Crippen LogP contribution in [0.3, 0.4) is 0 Å². The standard InChI is InChI=1S/C16H31N3O3S/c1-18(2)13-14-19(23(3,21)22)12-10-16(20)17-11-9-15-7-5-4-6-8-15/h7H,4-6,8-14H2,1-3H3,(H,17,20). The largest absolute Gasteiger partial charge is 0.356 e. The number of rotatable bonds is 10. The van der Waals surface area contributed by atoms with Crippen LogP contribution in [0.2, 0.25) is 0 Å². The predicted molar refractivity (Wildman–Crippen MR) is 93.8 cm³/mol. The van der Waals surface area contributed by atoms with Crippen LogP contribution in [0.15, 0.2) is 11.6 Å².